The Morgan fingerprint density at radius 1 is 1.32 bits per heavy atom. The molecule has 0 aliphatic carbocycles. The number of guanidine groups is 1. The number of aryl methyl sites for hydroxylation is 1. The van der Waals surface area contributed by atoms with E-state index >= 15 is 0 Å². The van der Waals surface area contributed by atoms with Crippen molar-refractivity contribution in [2.45, 2.75) is 33.2 Å². The zero-order valence-electron chi connectivity index (χ0n) is 16.8. The molecule has 8 heteroatoms. The second-order valence-corrected chi connectivity index (χ2v) is 6.78. The van der Waals surface area contributed by atoms with Crippen molar-refractivity contribution in [3.63, 3.8) is 0 Å². The maximum absolute atomic E-state index is 11.9. The normalized spacial score (nSPS) is 15.5. The summed E-state index contributed by atoms with van der Waals surface area (Å²) in [6, 6.07) is 4.04. The van der Waals surface area contributed by atoms with Crippen molar-refractivity contribution in [1.82, 2.24) is 24.8 Å². The smallest absolute Gasteiger partial charge is 0.309 e. The van der Waals surface area contributed by atoms with E-state index in [1.54, 1.807) is 13.2 Å². The van der Waals surface area contributed by atoms with E-state index in [4.69, 9.17) is 4.74 Å². The highest BCUT2D eigenvalue weighted by molar-refractivity contribution is 5.80. The van der Waals surface area contributed by atoms with Crippen LogP contribution < -0.4 is 5.32 Å². The van der Waals surface area contributed by atoms with Crippen LogP contribution in [0.25, 0.3) is 5.82 Å². The van der Waals surface area contributed by atoms with Gasteiger partial charge < -0.3 is 15.0 Å². The molecule has 0 atom stereocenters. The number of imidazole rings is 1. The van der Waals surface area contributed by atoms with Crippen LogP contribution in [0.1, 0.15) is 31.2 Å². The average Bonchev–Trinajstić information content (AvgIpc) is 3.15. The van der Waals surface area contributed by atoms with Gasteiger partial charge in [-0.1, -0.05) is 6.07 Å². The fourth-order valence-electron chi connectivity index (χ4n) is 3.38. The Morgan fingerprint density at radius 3 is 2.68 bits per heavy atom. The van der Waals surface area contributed by atoms with E-state index in [9.17, 15) is 4.79 Å². The van der Waals surface area contributed by atoms with Crippen LogP contribution in [0.3, 0.4) is 0 Å². The molecule has 1 saturated heterocycles. The van der Waals surface area contributed by atoms with Crippen LogP contribution in [0, 0.1) is 12.8 Å². The molecule has 0 bridgehead atoms. The van der Waals surface area contributed by atoms with E-state index in [0.717, 1.165) is 49.1 Å². The summed E-state index contributed by atoms with van der Waals surface area (Å²) in [6.07, 6.45) is 7.11. The Hall–Kier alpha value is -2.90. The number of likely N-dealkylation sites (tertiary alicyclic amines) is 1. The molecule has 0 spiro atoms. The SMILES string of the molecule is CCOC(=O)C1CCN(C(=NC)NCc2ccc(-n3ccnc3C)nc2)CC1. The quantitative estimate of drug-likeness (QED) is 0.482. The lowest BCUT2D eigenvalue weighted by atomic mass is 9.97. The van der Waals surface area contributed by atoms with Gasteiger partial charge in [0.25, 0.3) is 0 Å². The third-order valence-electron chi connectivity index (χ3n) is 4.96. The van der Waals surface area contributed by atoms with Crippen LogP contribution in [0.4, 0.5) is 0 Å². The third-order valence-corrected chi connectivity index (χ3v) is 4.96. The first-order valence-corrected chi connectivity index (χ1v) is 9.69. The minimum absolute atomic E-state index is 0.00214. The van der Waals surface area contributed by atoms with Gasteiger partial charge in [-0.3, -0.25) is 14.4 Å². The molecule has 1 fully saturated rings. The first-order chi connectivity index (χ1) is 13.6. The van der Waals surface area contributed by atoms with Crippen molar-refractivity contribution in [2.75, 3.05) is 26.7 Å². The van der Waals surface area contributed by atoms with Crippen LogP contribution in [-0.4, -0.2) is 58.1 Å². The molecule has 1 N–H and O–H groups in total. The minimum atomic E-state index is -0.0793. The number of carbonyl (C=O) groups is 1. The number of aliphatic imine (C=N–C) groups is 1. The minimum Gasteiger partial charge on any atom is -0.466 e. The number of pyridine rings is 1. The fourth-order valence-corrected chi connectivity index (χ4v) is 3.38. The standard InChI is InChI=1S/C20H28N6O2/c1-4-28-19(27)17-7-10-25(11-8-17)20(21-3)24-14-16-5-6-18(23-13-16)26-12-9-22-15(26)2/h5-6,9,12-13,17H,4,7-8,10-11,14H2,1-3H3,(H,21,24). The number of nitrogens with one attached hydrogen (secondary N) is 1. The van der Waals surface area contributed by atoms with Gasteiger partial charge >= 0.3 is 5.97 Å². The Morgan fingerprint density at radius 2 is 2.11 bits per heavy atom. The van der Waals surface area contributed by atoms with Gasteiger partial charge in [-0.05, 0) is 38.3 Å². The van der Waals surface area contributed by atoms with Crippen LogP contribution >= 0.6 is 0 Å². The summed E-state index contributed by atoms with van der Waals surface area (Å²) in [5.41, 5.74) is 1.07. The molecule has 0 saturated carbocycles. The number of aromatic nitrogens is 3. The molecular weight excluding hydrogens is 356 g/mol. The van der Waals surface area contributed by atoms with Crippen molar-refractivity contribution in [3.8, 4) is 5.82 Å². The molecule has 0 unspecified atom stereocenters. The number of carbonyl (C=O) groups excluding carboxylic acids is 1. The van der Waals surface area contributed by atoms with E-state index < -0.39 is 0 Å². The molecule has 150 valence electrons. The number of esters is 1. The third kappa shape index (κ3) is 4.68. The summed E-state index contributed by atoms with van der Waals surface area (Å²) in [4.78, 5) is 27.2. The average molecular weight is 384 g/mol. The van der Waals surface area contributed by atoms with Crippen molar-refractivity contribution >= 4 is 11.9 Å². The molecule has 2 aromatic rings. The molecule has 3 heterocycles. The molecule has 1 aliphatic rings. The molecule has 0 aromatic carbocycles. The topological polar surface area (TPSA) is 84.6 Å². The van der Waals surface area contributed by atoms with Crippen LogP contribution in [-0.2, 0) is 16.1 Å². The van der Waals surface area contributed by atoms with E-state index in [1.807, 2.05) is 36.9 Å². The summed E-state index contributed by atoms with van der Waals surface area (Å²) in [7, 11) is 1.78. The van der Waals surface area contributed by atoms with Gasteiger partial charge in [0, 0.05) is 45.3 Å². The molecule has 8 nitrogen and oxygen atoms in total. The maximum Gasteiger partial charge on any atom is 0.309 e. The molecule has 1 aliphatic heterocycles. The molecule has 0 radical (unpaired) electrons. The van der Waals surface area contributed by atoms with E-state index in [0.29, 0.717) is 13.2 Å². The maximum atomic E-state index is 11.9. The van der Waals surface area contributed by atoms with Gasteiger partial charge in [0.05, 0.1) is 12.5 Å². The van der Waals surface area contributed by atoms with Crippen molar-refractivity contribution in [3.05, 3.63) is 42.1 Å². The highest BCUT2D eigenvalue weighted by atomic mass is 16.5. The van der Waals surface area contributed by atoms with Crippen LogP contribution in [0.5, 0.6) is 0 Å². The highest BCUT2D eigenvalue weighted by Gasteiger charge is 2.27. The monoisotopic (exact) mass is 384 g/mol. The zero-order chi connectivity index (χ0) is 19.9. The zero-order valence-corrected chi connectivity index (χ0v) is 16.8. The predicted octanol–water partition coefficient (Wildman–Crippen LogP) is 1.93. The summed E-state index contributed by atoms with van der Waals surface area (Å²) in [5.74, 6) is 2.52. The van der Waals surface area contributed by atoms with Crippen LogP contribution in [0.15, 0.2) is 35.7 Å². The Kier molecular flexibility index (Phi) is 6.62. The van der Waals surface area contributed by atoms with Gasteiger partial charge in [0.2, 0.25) is 0 Å². The molecule has 28 heavy (non-hydrogen) atoms. The van der Waals surface area contributed by atoms with Crippen molar-refractivity contribution in [2.24, 2.45) is 10.9 Å². The molecular formula is C20H28N6O2. The van der Waals surface area contributed by atoms with Gasteiger partial charge in [-0.2, -0.15) is 0 Å². The lowest BCUT2D eigenvalue weighted by Crippen LogP contribution is -2.46. The summed E-state index contributed by atoms with van der Waals surface area (Å²) >= 11 is 0. The lowest BCUT2D eigenvalue weighted by molar-refractivity contribution is -0.149. The number of piperidine rings is 1. The van der Waals surface area contributed by atoms with E-state index in [-0.39, 0.29) is 11.9 Å². The number of hydrogen-bond acceptors (Lipinski definition) is 5. The summed E-state index contributed by atoms with van der Waals surface area (Å²) in [6.45, 7) is 6.46. The van der Waals surface area contributed by atoms with Crippen molar-refractivity contribution < 1.29 is 9.53 Å². The second kappa shape index (κ2) is 9.34. The molecule has 3 rings (SSSR count). The highest BCUT2D eigenvalue weighted by Crippen LogP contribution is 2.19. The number of ether oxygens (including phenoxy) is 1. The predicted molar refractivity (Wildman–Crippen MR) is 107 cm³/mol. The summed E-state index contributed by atoms with van der Waals surface area (Å²) < 4.78 is 7.08. The largest absolute Gasteiger partial charge is 0.466 e. The number of rotatable bonds is 5. The first-order valence-electron chi connectivity index (χ1n) is 9.69. The Labute approximate surface area is 165 Å². The van der Waals surface area contributed by atoms with E-state index in [2.05, 4.69) is 31.2 Å². The van der Waals surface area contributed by atoms with Gasteiger partial charge in [-0.25, -0.2) is 9.97 Å². The molecule has 0 amide bonds. The van der Waals surface area contributed by atoms with Crippen molar-refractivity contribution in [1.29, 1.82) is 0 Å². The Balaban J connectivity index is 1.52. The van der Waals surface area contributed by atoms with Crippen LogP contribution in [0.2, 0.25) is 0 Å². The fraction of sp³-hybridized carbons (Fsp3) is 0.500. The second-order valence-electron chi connectivity index (χ2n) is 6.78. The molecule has 2 aromatic heterocycles. The number of hydrogen-bond donors (Lipinski definition) is 1. The van der Waals surface area contributed by atoms with E-state index in [1.165, 1.54) is 0 Å². The lowest BCUT2D eigenvalue weighted by Gasteiger charge is -2.33. The summed E-state index contributed by atoms with van der Waals surface area (Å²) in [5, 5.41) is 3.39. The number of nitrogens with zero attached hydrogens (tertiary/aromatic N) is 5. The van der Waals surface area contributed by atoms with Gasteiger partial charge in [0.1, 0.15) is 11.6 Å². The van der Waals surface area contributed by atoms with Gasteiger partial charge in [0.15, 0.2) is 5.96 Å². The van der Waals surface area contributed by atoms with Gasteiger partial charge in [-0.15, -0.1) is 0 Å². The first kappa shape index (κ1) is 19.9. The Bertz CT molecular complexity index is 806.